The van der Waals surface area contributed by atoms with Crippen LogP contribution in [-0.4, -0.2) is 23.5 Å². The fourth-order valence-corrected chi connectivity index (χ4v) is 2.54. The lowest BCUT2D eigenvalue weighted by atomic mass is 10.0. The largest absolute Gasteiger partial charge is 0.496 e. The zero-order valence-corrected chi connectivity index (χ0v) is 14.7. The van der Waals surface area contributed by atoms with E-state index in [9.17, 15) is 4.79 Å². The molecule has 0 fully saturated rings. The second-order valence-corrected chi connectivity index (χ2v) is 6.83. The van der Waals surface area contributed by atoms with E-state index in [-0.39, 0.29) is 11.4 Å². The molecule has 0 N–H and O–H groups in total. The third kappa shape index (κ3) is 4.26. The van der Waals surface area contributed by atoms with Gasteiger partial charge in [0.25, 0.3) is 5.91 Å². The highest BCUT2D eigenvalue weighted by Crippen LogP contribution is 2.28. The summed E-state index contributed by atoms with van der Waals surface area (Å²) < 4.78 is 5.33. The molecule has 0 bridgehead atoms. The number of hydrogen-bond acceptors (Lipinski definition) is 2. The van der Waals surface area contributed by atoms with Crippen molar-refractivity contribution in [1.82, 2.24) is 4.90 Å². The summed E-state index contributed by atoms with van der Waals surface area (Å²) in [5.41, 5.74) is 1.22. The van der Waals surface area contributed by atoms with Gasteiger partial charge in [0, 0.05) is 17.1 Å². The van der Waals surface area contributed by atoms with Crippen molar-refractivity contribution in [3.8, 4) is 5.75 Å². The van der Waals surface area contributed by atoms with E-state index in [1.807, 2.05) is 56.0 Å². The molecule has 2 rings (SSSR count). The predicted octanol–water partition coefficient (Wildman–Crippen LogP) is 4.79. The van der Waals surface area contributed by atoms with Crippen molar-refractivity contribution in [1.29, 1.82) is 0 Å². The fourth-order valence-electron chi connectivity index (χ4n) is 2.37. The Kier molecular flexibility index (Phi) is 5.32. The normalized spacial score (nSPS) is 11.2. The van der Waals surface area contributed by atoms with Gasteiger partial charge in [-0.25, -0.2) is 0 Å². The molecule has 0 spiro atoms. The third-order valence-electron chi connectivity index (χ3n) is 3.63. The molecule has 0 saturated carbocycles. The molecular weight excluding hydrogens is 310 g/mol. The van der Waals surface area contributed by atoms with E-state index < -0.39 is 0 Å². The van der Waals surface area contributed by atoms with Gasteiger partial charge in [0.2, 0.25) is 0 Å². The van der Waals surface area contributed by atoms with Gasteiger partial charge in [-0.1, -0.05) is 41.9 Å². The molecule has 2 aromatic rings. The lowest BCUT2D eigenvalue weighted by molar-refractivity contribution is 0.0555. The molecule has 0 saturated heterocycles. The first-order chi connectivity index (χ1) is 10.8. The average molecular weight is 332 g/mol. The number of benzene rings is 2. The summed E-state index contributed by atoms with van der Waals surface area (Å²) in [6.07, 6.45) is 0. The van der Waals surface area contributed by atoms with Gasteiger partial charge in [0.15, 0.2) is 0 Å². The number of hydrogen-bond donors (Lipinski definition) is 0. The van der Waals surface area contributed by atoms with Crippen molar-refractivity contribution in [3.05, 3.63) is 64.7 Å². The Labute approximate surface area is 142 Å². The van der Waals surface area contributed by atoms with Crippen molar-refractivity contribution in [2.75, 3.05) is 7.11 Å². The molecule has 0 atom stereocenters. The molecule has 122 valence electrons. The summed E-state index contributed by atoms with van der Waals surface area (Å²) >= 11 is 6.07. The van der Waals surface area contributed by atoms with Crippen LogP contribution in [0.4, 0.5) is 0 Å². The molecule has 23 heavy (non-hydrogen) atoms. The first kappa shape index (κ1) is 17.4. The highest BCUT2D eigenvalue weighted by atomic mass is 35.5. The van der Waals surface area contributed by atoms with Gasteiger partial charge in [0.1, 0.15) is 5.75 Å². The number of halogens is 1. The molecule has 0 radical (unpaired) electrons. The molecular formula is C19H22ClNO2. The SMILES string of the molecule is COc1ccc(Cl)cc1C(=O)N(Cc1ccccc1)C(C)(C)C. The van der Waals surface area contributed by atoms with Crippen LogP contribution >= 0.6 is 11.6 Å². The van der Waals surface area contributed by atoms with E-state index in [2.05, 4.69) is 0 Å². The van der Waals surface area contributed by atoms with E-state index in [0.29, 0.717) is 22.9 Å². The Morgan fingerprint density at radius 2 is 1.78 bits per heavy atom. The standard InChI is InChI=1S/C19H22ClNO2/c1-19(2,3)21(13-14-8-6-5-7-9-14)18(22)16-12-15(20)10-11-17(16)23-4/h5-12H,13H2,1-4H3. The summed E-state index contributed by atoms with van der Waals surface area (Å²) in [5.74, 6) is 0.433. The van der Waals surface area contributed by atoms with Gasteiger partial charge in [-0.05, 0) is 44.5 Å². The quantitative estimate of drug-likeness (QED) is 0.806. The van der Waals surface area contributed by atoms with Crippen LogP contribution in [0.3, 0.4) is 0 Å². The third-order valence-corrected chi connectivity index (χ3v) is 3.87. The van der Waals surface area contributed by atoms with Crippen LogP contribution < -0.4 is 4.74 Å². The highest BCUT2D eigenvalue weighted by Gasteiger charge is 2.29. The lowest BCUT2D eigenvalue weighted by Gasteiger charge is -2.36. The van der Waals surface area contributed by atoms with Gasteiger partial charge in [-0.15, -0.1) is 0 Å². The summed E-state index contributed by atoms with van der Waals surface area (Å²) in [4.78, 5) is 14.9. The zero-order valence-electron chi connectivity index (χ0n) is 14.0. The Morgan fingerprint density at radius 3 is 2.35 bits per heavy atom. The summed E-state index contributed by atoms with van der Waals surface area (Å²) in [7, 11) is 1.55. The van der Waals surface area contributed by atoms with Crippen LogP contribution in [-0.2, 0) is 6.54 Å². The van der Waals surface area contributed by atoms with Crippen molar-refractivity contribution in [2.24, 2.45) is 0 Å². The van der Waals surface area contributed by atoms with Gasteiger partial charge in [-0.2, -0.15) is 0 Å². The monoisotopic (exact) mass is 331 g/mol. The first-order valence-corrected chi connectivity index (χ1v) is 7.90. The summed E-state index contributed by atoms with van der Waals surface area (Å²) in [6, 6.07) is 15.0. The Hall–Kier alpha value is -2.00. The molecule has 4 heteroatoms. The van der Waals surface area contributed by atoms with Crippen LogP contribution in [0.25, 0.3) is 0 Å². The first-order valence-electron chi connectivity index (χ1n) is 7.52. The second-order valence-electron chi connectivity index (χ2n) is 6.39. The van der Waals surface area contributed by atoms with E-state index in [1.165, 1.54) is 0 Å². The molecule has 0 aliphatic heterocycles. The predicted molar refractivity (Wildman–Crippen MR) is 94.1 cm³/mol. The van der Waals surface area contributed by atoms with E-state index in [1.54, 1.807) is 25.3 Å². The van der Waals surface area contributed by atoms with Crippen LogP contribution in [0.2, 0.25) is 5.02 Å². The summed E-state index contributed by atoms with van der Waals surface area (Å²) in [6.45, 7) is 6.58. The van der Waals surface area contributed by atoms with Crippen LogP contribution in [0, 0.1) is 0 Å². The lowest BCUT2D eigenvalue weighted by Crippen LogP contribution is -2.45. The van der Waals surface area contributed by atoms with E-state index in [4.69, 9.17) is 16.3 Å². The number of rotatable bonds is 4. The maximum atomic E-state index is 13.1. The van der Waals surface area contributed by atoms with E-state index in [0.717, 1.165) is 5.56 Å². The van der Waals surface area contributed by atoms with Gasteiger partial charge in [-0.3, -0.25) is 4.79 Å². The second kappa shape index (κ2) is 7.05. The minimum atomic E-state index is -0.333. The molecule has 3 nitrogen and oxygen atoms in total. The Balaban J connectivity index is 2.40. The number of carbonyl (C=O) groups excluding carboxylic acids is 1. The minimum Gasteiger partial charge on any atom is -0.496 e. The molecule has 0 heterocycles. The number of amides is 1. The van der Waals surface area contributed by atoms with Crippen LogP contribution in [0.1, 0.15) is 36.7 Å². The molecule has 1 amide bonds. The van der Waals surface area contributed by atoms with Gasteiger partial charge in [0.05, 0.1) is 12.7 Å². The molecule has 0 aromatic heterocycles. The zero-order chi connectivity index (χ0) is 17.0. The van der Waals surface area contributed by atoms with Gasteiger partial charge < -0.3 is 9.64 Å². The number of nitrogens with zero attached hydrogens (tertiary/aromatic N) is 1. The average Bonchev–Trinajstić information content (AvgIpc) is 2.52. The van der Waals surface area contributed by atoms with Crippen LogP contribution in [0.15, 0.2) is 48.5 Å². The van der Waals surface area contributed by atoms with Crippen molar-refractivity contribution < 1.29 is 9.53 Å². The Bertz CT molecular complexity index is 678. The molecule has 2 aromatic carbocycles. The molecule has 0 aliphatic rings. The number of methoxy groups -OCH3 is 1. The maximum absolute atomic E-state index is 13.1. The van der Waals surface area contributed by atoms with Crippen LogP contribution in [0.5, 0.6) is 5.75 Å². The maximum Gasteiger partial charge on any atom is 0.258 e. The smallest absolute Gasteiger partial charge is 0.258 e. The van der Waals surface area contributed by atoms with Crippen molar-refractivity contribution in [3.63, 3.8) is 0 Å². The van der Waals surface area contributed by atoms with Crippen molar-refractivity contribution in [2.45, 2.75) is 32.9 Å². The number of carbonyl (C=O) groups is 1. The van der Waals surface area contributed by atoms with E-state index >= 15 is 0 Å². The summed E-state index contributed by atoms with van der Waals surface area (Å²) in [5, 5.41) is 0.516. The van der Waals surface area contributed by atoms with Gasteiger partial charge >= 0.3 is 0 Å². The number of ether oxygens (including phenoxy) is 1. The Morgan fingerprint density at radius 1 is 1.13 bits per heavy atom. The topological polar surface area (TPSA) is 29.5 Å². The van der Waals surface area contributed by atoms with Crippen molar-refractivity contribution >= 4 is 17.5 Å². The highest BCUT2D eigenvalue weighted by molar-refractivity contribution is 6.31. The minimum absolute atomic E-state index is 0.0966. The molecule has 0 unspecified atom stereocenters. The fraction of sp³-hybridized carbons (Fsp3) is 0.316. The molecule has 0 aliphatic carbocycles.